The van der Waals surface area contributed by atoms with Gasteiger partial charge in [0, 0.05) is 19.8 Å². The van der Waals surface area contributed by atoms with E-state index in [2.05, 4.69) is 19.2 Å². The summed E-state index contributed by atoms with van der Waals surface area (Å²) in [6, 6.07) is 0. The minimum absolute atomic E-state index is 0.132. The van der Waals surface area contributed by atoms with Crippen molar-refractivity contribution in [2.45, 2.75) is 200 Å². The standard InChI is InChI=1S/C36H73NO4/c1-6-8-10-12-14-16-18-20-22-24-26-28-30-39-33-34(32-37-35(38)41-36(3,4)5)40-31-29-27-25-23-21-19-17-15-13-11-9-7-2/h34H,6-33H2,1-5H3,(H,37,38). The van der Waals surface area contributed by atoms with Crippen LogP contribution in [0.4, 0.5) is 4.79 Å². The summed E-state index contributed by atoms with van der Waals surface area (Å²) in [7, 11) is 0. The van der Waals surface area contributed by atoms with Crippen molar-refractivity contribution in [1.29, 1.82) is 0 Å². The Morgan fingerprint density at radius 3 is 1.32 bits per heavy atom. The number of hydrogen-bond donors (Lipinski definition) is 1. The maximum atomic E-state index is 12.1. The van der Waals surface area contributed by atoms with Crippen LogP contribution in [-0.4, -0.2) is 44.2 Å². The topological polar surface area (TPSA) is 56.8 Å². The Hall–Kier alpha value is -0.810. The van der Waals surface area contributed by atoms with Crippen LogP contribution in [-0.2, 0) is 14.2 Å². The molecule has 0 spiro atoms. The molecule has 0 heterocycles. The highest BCUT2D eigenvalue weighted by atomic mass is 16.6. The second-order valence-electron chi connectivity index (χ2n) is 13.2. The van der Waals surface area contributed by atoms with Crippen LogP contribution in [0.15, 0.2) is 0 Å². The third-order valence-electron chi connectivity index (χ3n) is 7.67. The molecule has 0 saturated heterocycles. The second kappa shape index (κ2) is 30.6. The molecule has 0 aliphatic rings. The van der Waals surface area contributed by atoms with E-state index in [-0.39, 0.29) is 6.10 Å². The Bertz CT molecular complexity index is 534. The van der Waals surface area contributed by atoms with Crippen LogP contribution in [0.2, 0.25) is 0 Å². The number of unbranched alkanes of at least 4 members (excludes halogenated alkanes) is 22. The van der Waals surface area contributed by atoms with Crippen molar-refractivity contribution in [2.24, 2.45) is 0 Å². The van der Waals surface area contributed by atoms with Gasteiger partial charge in [-0.25, -0.2) is 4.79 Å². The van der Waals surface area contributed by atoms with Gasteiger partial charge in [-0.2, -0.15) is 0 Å². The molecule has 0 saturated carbocycles. The molecular formula is C36H73NO4. The molecule has 0 aromatic heterocycles. The minimum Gasteiger partial charge on any atom is -0.444 e. The first kappa shape index (κ1) is 40.2. The van der Waals surface area contributed by atoms with Gasteiger partial charge < -0.3 is 19.5 Å². The van der Waals surface area contributed by atoms with E-state index in [0.717, 1.165) is 26.1 Å². The highest BCUT2D eigenvalue weighted by Gasteiger charge is 2.18. The fourth-order valence-electron chi connectivity index (χ4n) is 5.13. The van der Waals surface area contributed by atoms with Crippen molar-refractivity contribution in [3.05, 3.63) is 0 Å². The summed E-state index contributed by atoms with van der Waals surface area (Å²) in [5, 5.41) is 2.87. The highest BCUT2D eigenvalue weighted by Crippen LogP contribution is 2.14. The van der Waals surface area contributed by atoms with Crippen LogP contribution in [0.25, 0.3) is 0 Å². The number of carbonyl (C=O) groups excluding carboxylic acids is 1. The number of hydrogen-bond acceptors (Lipinski definition) is 4. The number of carbonyl (C=O) groups is 1. The van der Waals surface area contributed by atoms with Gasteiger partial charge in [-0.1, -0.05) is 155 Å². The molecular weight excluding hydrogens is 510 g/mol. The smallest absolute Gasteiger partial charge is 0.407 e. The molecule has 1 amide bonds. The molecule has 0 bridgehead atoms. The van der Waals surface area contributed by atoms with Crippen molar-refractivity contribution in [2.75, 3.05) is 26.4 Å². The molecule has 0 aromatic rings. The van der Waals surface area contributed by atoms with Crippen LogP contribution >= 0.6 is 0 Å². The zero-order chi connectivity index (χ0) is 30.3. The molecule has 0 aliphatic carbocycles. The van der Waals surface area contributed by atoms with E-state index in [0.29, 0.717) is 13.2 Å². The van der Waals surface area contributed by atoms with Crippen molar-refractivity contribution >= 4 is 6.09 Å². The van der Waals surface area contributed by atoms with Gasteiger partial charge in [0.25, 0.3) is 0 Å². The number of nitrogens with one attached hydrogen (secondary N) is 1. The predicted octanol–water partition coefficient (Wildman–Crippen LogP) is 11.3. The summed E-state index contributed by atoms with van der Waals surface area (Å²) in [6.07, 6.45) is 31.6. The molecule has 0 rings (SSSR count). The Morgan fingerprint density at radius 1 is 0.561 bits per heavy atom. The summed E-state index contributed by atoms with van der Waals surface area (Å²) < 4.78 is 17.5. The normalized spacial score (nSPS) is 12.5. The number of alkyl carbamates (subject to hydrolysis) is 1. The first-order chi connectivity index (χ1) is 19.9. The number of ether oxygens (including phenoxy) is 3. The van der Waals surface area contributed by atoms with Gasteiger partial charge in [-0.05, 0) is 33.6 Å². The quantitative estimate of drug-likeness (QED) is 0.0825. The SMILES string of the molecule is CCCCCCCCCCCCCCOCC(CNC(=O)OC(C)(C)C)OCCCCCCCCCCCCCC. The molecule has 5 heteroatoms. The fourth-order valence-corrected chi connectivity index (χ4v) is 5.13. The zero-order valence-electron chi connectivity index (χ0n) is 28.5. The summed E-state index contributed by atoms with van der Waals surface area (Å²) >= 11 is 0. The first-order valence-electron chi connectivity index (χ1n) is 18.0. The lowest BCUT2D eigenvalue weighted by molar-refractivity contribution is -0.0194. The molecule has 1 unspecified atom stereocenters. The van der Waals surface area contributed by atoms with E-state index in [1.165, 1.54) is 141 Å². The number of rotatable bonds is 31. The van der Waals surface area contributed by atoms with Gasteiger partial charge in [0.15, 0.2) is 0 Å². The van der Waals surface area contributed by atoms with Gasteiger partial charge in [0.2, 0.25) is 0 Å². The van der Waals surface area contributed by atoms with E-state index in [9.17, 15) is 4.79 Å². The molecule has 0 radical (unpaired) electrons. The van der Waals surface area contributed by atoms with Crippen molar-refractivity contribution in [3.63, 3.8) is 0 Å². The summed E-state index contributed by atoms with van der Waals surface area (Å²) in [4.78, 5) is 12.1. The molecule has 1 atom stereocenters. The van der Waals surface area contributed by atoms with E-state index < -0.39 is 11.7 Å². The lowest BCUT2D eigenvalue weighted by Gasteiger charge is -2.22. The molecule has 0 fully saturated rings. The van der Waals surface area contributed by atoms with Crippen LogP contribution in [0.1, 0.15) is 189 Å². The van der Waals surface area contributed by atoms with Crippen LogP contribution < -0.4 is 5.32 Å². The van der Waals surface area contributed by atoms with Crippen LogP contribution in [0, 0.1) is 0 Å². The molecule has 0 aromatic carbocycles. The van der Waals surface area contributed by atoms with Gasteiger partial charge in [-0.15, -0.1) is 0 Å². The van der Waals surface area contributed by atoms with Crippen molar-refractivity contribution in [3.8, 4) is 0 Å². The molecule has 0 aliphatic heterocycles. The second-order valence-corrected chi connectivity index (χ2v) is 13.2. The Kier molecular flexibility index (Phi) is 30.0. The Morgan fingerprint density at radius 2 is 0.927 bits per heavy atom. The lowest BCUT2D eigenvalue weighted by atomic mass is 10.1. The summed E-state index contributed by atoms with van der Waals surface area (Å²) in [5.41, 5.74) is -0.499. The number of amides is 1. The van der Waals surface area contributed by atoms with E-state index in [4.69, 9.17) is 14.2 Å². The van der Waals surface area contributed by atoms with Crippen molar-refractivity contribution in [1.82, 2.24) is 5.32 Å². The zero-order valence-corrected chi connectivity index (χ0v) is 28.5. The molecule has 246 valence electrons. The average molecular weight is 584 g/mol. The third-order valence-corrected chi connectivity index (χ3v) is 7.67. The Labute approximate surface area is 257 Å². The molecule has 41 heavy (non-hydrogen) atoms. The Balaban J connectivity index is 3.92. The van der Waals surface area contributed by atoms with Crippen LogP contribution in [0.5, 0.6) is 0 Å². The van der Waals surface area contributed by atoms with E-state index in [1.54, 1.807) is 0 Å². The van der Waals surface area contributed by atoms with Gasteiger partial charge in [0.05, 0.1) is 12.7 Å². The average Bonchev–Trinajstić information content (AvgIpc) is 2.93. The molecule has 1 N–H and O–H groups in total. The van der Waals surface area contributed by atoms with E-state index in [1.807, 2.05) is 20.8 Å². The van der Waals surface area contributed by atoms with Crippen molar-refractivity contribution < 1.29 is 19.0 Å². The predicted molar refractivity (Wildman–Crippen MR) is 177 cm³/mol. The molecule has 5 nitrogen and oxygen atoms in total. The van der Waals surface area contributed by atoms with Gasteiger partial charge >= 0.3 is 6.09 Å². The minimum atomic E-state index is -0.499. The maximum absolute atomic E-state index is 12.1. The summed E-state index contributed by atoms with van der Waals surface area (Å²) in [5.74, 6) is 0. The summed E-state index contributed by atoms with van der Waals surface area (Å²) in [6.45, 7) is 12.6. The largest absolute Gasteiger partial charge is 0.444 e. The first-order valence-corrected chi connectivity index (χ1v) is 18.0. The highest BCUT2D eigenvalue weighted by molar-refractivity contribution is 5.67. The van der Waals surface area contributed by atoms with Crippen LogP contribution in [0.3, 0.4) is 0 Å². The van der Waals surface area contributed by atoms with Gasteiger partial charge in [0.1, 0.15) is 5.60 Å². The monoisotopic (exact) mass is 584 g/mol. The third kappa shape index (κ3) is 33.6. The fraction of sp³-hybridized carbons (Fsp3) is 0.972. The lowest BCUT2D eigenvalue weighted by Crippen LogP contribution is -2.39. The maximum Gasteiger partial charge on any atom is 0.407 e. The van der Waals surface area contributed by atoms with E-state index >= 15 is 0 Å². The van der Waals surface area contributed by atoms with Gasteiger partial charge in [-0.3, -0.25) is 0 Å².